The van der Waals surface area contributed by atoms with Crippen LogP contribution in [0.3, 0.4) is 0 Å². The summed E-state index contributed by atoms with van der Waals surface area (Å²) in [5.41, 5.74) is 0.672. The monoisotopic (exact) mass is 301 g/mol. The number of benzene rings is 1. The van der Waals surface area contributed by atoms with Crippen molar-refractivity contribution in [2.45, 2.75) is 13.0 Å². The smallest absolute Gasteiger partial charge is 0.267 e. The standard InChI is InChI=1S/C15H12ClN3O2/c1-9(20)14-18-12-6-2-5-11(16)13(12)15(21)19(14)10-4-3-7-17-8-10/h2-9,20H,1H3/t9-/m0/s1. The van der Waals surface area contributed by atoms with Gasteiger partial charge in [-0.05, 0) is 31.2 Å². The van der Waals surface area contributed by atoms with Gasteiger partial charge in [-0.1, -0.05) is 17.7 Å². The second kappa shape index (κ2) is 5.27. The first-order chi connectivity index (χ1) is 10.1. The summed E-state index contributed by atoms with van der Waals surface area (Å²) < 4.78 is 1.34. The second-order valence-electron chi connectivity index (χ2n) is 4.63. The van der Waals surface area contributed by atoms with Crippen molar-refractivity contribution in [1.82, 2.24) is 14.5 Å². The SMILES string of the molecule is C[C@H](O)c1nc2cccc(Cl)c2c(=O)n1-c1cccnc1. The van der Waals surface area contributed by atoms with Gasteiger partial charge < -0.3 is 5.11 Å². The molecule has 0 radical (unpaired) electrons. The van der Waals surface area contributed by atoms with E-state index in [9.17, 15) is 9.90 Å². The van der Waals surface area contributed by atoms with Crippen LogP contribution in [0.4, 0.5) is 0 Å². The van der Waals surface area contributed by atoms with Gasteiger partial charge in [0.25, 0.3) is 5.56 Å². The van der Waals surface area contributed by atoms with Crippen molar-refractivity contribution in [1.29, 1.82) is 0 Å². The summed E-state index contributed by atoms with van der Waals surface area (Å²) in [6, 6.07) is 8.50. The summed E-state index contributed by atoms with van der Waals surface area (Å²) in [6.07, 6.45) is 2.25. The molecule has 2 aromatic heterocycles. The molecular weight excluding hydrogens is 290 g/mol. The van der Waals surface area contributed by atoms with Crippen LogP contribution in [-0.4, -0.2) is 19.6 Å². The molecule has 0 aliphatic carbocycles. The highest BCUT2D eigenvalue weighted by Gasteiger charge is 2.17. The van der Waals surface area contributed by atoms with Crippen molar-refractivity contribution in [2.24, 2.45) is 0 Å². The highest BCUT2D eigenvalue weighted by atomic mass is 35.5. The average molecular weight is 302 g/mol. The lowest BCUT2D eigenvalue weighted by molar-refractivity contribution is 0.186. The zero-order valence-corrected chi connectivity index (χ0v) is 11.9. The van der Waals surface area contributed by atoms with E-state index in [-0.39, 0.29) is 11.4 Å². The lowest BCUT2D eigenvalue weighted by Crippen LogP contribution is -2.25. The van der Waals surface area contributed by atoms with Crippen LogP contribution < -0.4 is 5.56 Å². The summed E-state index contributed by atoms with van der Waals surface area (Å²) in [5, 5.41) is 10.6. The lowest BCUT2D eigenvalue weighted by Gasteiger charge is -2.15. The Labute approximate surface area is 125 Å². The number of aliphatic hydroxyl groups is 1. The van der Waals surface area contributed by atoms with Crippen molar-refractivity contribution >= 4 is 22.5 Å². The van der Waals surface area contributed by atoms with E-state index in [0.717, 1.165) is 0 Å². The molecule has 106 valence electrons. The number of aliphatic hydroxyl groups excluding tert-OH is 1. The number of pyridine rings is 1. The predicted octanol–water partition coefficient (Wildman–Crippen LogP) is 2.49. The fourth-order valence-electron chi connectivity index (χ4n) is 2.22. The molecule has 0 fully saturated rings. The Balaban J connectivity index is 2.47. The molecule has 0 aliphatic rings. The molecule has 21 heavy (non-hydrogen) atoms. The number of hydrogen-bond acceptors (Lipinski definition) is 4. The van der Waals surface area contributed by atoms with Gasteiger partial charge in [0, 0.05) is 6.20 Å². The minimum atomic E-state index is -0.902. The fourth-order valence-corrected chi connectivity index (χ4v) is 2.47. The number of nitrogens with zero attached hydrogens (tertiary/aromatic N) is 3. The normalized spacial score (nSPS) is 12.5. The van der Waals surface area contributed by atoms with Crippen LogP contribution in [0.2, 0.25) is 5.02 Å². The molecule has 3 aromatic rings. The fraction of sp³-hybridized carbons (Fsp3) is 0.133. The molecule has 1 aromatic carbocycles. The van der Waals surface area contributed by atoms with Gasteiger partial charge >= 0.3 is 0 Å². The highest BCUT2D eigenvalue weighted by molar-refractivity contribution is 6.35. The number of halogens is 1. The third-order valence-corrected chi connectivity index (χ3v) is 3.47. The first-order valence-corrected chi connectivity index (χ1v) is 6.77. The van der Waals surface area contributed by atoms with Gasteiger partial charge in [-0.2, -0.15) is 0 Å². The minimum absolute atomic E-state index is 0.253. The Morgan fingerprint density at radius 3 is 2.76 bits per heavy atom. The van der Waals surface area contributed by atoms with Gasteiger partial charge in [-0.3, -0.25) is 14.3 Å². The van der Waals surface area contributed by atoms with Gasteiger partial charge in [-0.25, -0.2) is 4.98 Å². The van der Waals surface area contributed by atoms with Gasteiger partial charge in [0.15, 0.2) is 0 Å². The summed E-state index contributed by atoms with van der Waals surface area (Å²) >= 11 is 6.12. The van der Waals surface area contributed by atoms with Gasteiger partial charge in [-0.15, -0.1) is 0 Å². The Kier molecular flexibility index (Phi) is 3.45. The maximum Gasteiger partial charge on any atom is 0.267 e. The Morgan fingerprint density at radius 1 is 1.29 bits per heavy atom. The van der Waals surface area contributed by atoms with E-state index in [2.05, 4.69) is 9.97 Å². The zero-order chi connectivity index (χ0) is 15.0. The lowest BCUT2D eigenvalue weighted by atomic mass is 10.2. The van der Waals surface area contributed by atoms with Crippen LogP contribution in [0, 0.1) is 0 Å². The van der Waals surface area contributed by atoms with E-state index in [1.165, 1.54) is 10.8 Å². The van der Waals surface area contributed by atoms with Crippen LogP contribution in [-0.2, 0) is 0 Å². The Bertz CT molecular complexity index is 860. The van der Waals surface area contributed by atoms with Gasteiger partial charge in [0.05, 0.1) is 27.8 Å². The van der Waals surface area contributed by atoms with E-state index < -0.39 is 6.10 Å². The average Bonchev–Trinajstić information content (AvgIpc) is 2.47. The number of aromatic nitrogens is 3. The molecular formula is C15H12ClN3O2. The Hall–Kier alpha value is -2.24. The molecule has 1 atom stereocenters. The molecule has 1 N–H and O–H groups in total. The van der Waals surface area contributed by atoms with E-state index >= 15 is 0 Å². The van der Waals surface area contributed by atoms with Crippen LogP contribution in [0.25, 0.3) is 16.6 Å². The third-order valence-electron chi connectivity index (χ3n) is 3.15. The van der Waals surface area contributed by atoms with E-state index in [1.807, 2.05) is 0 Å². The van der Waals surface area contributed by atoms with E-state index in [1.54, 1.807) is 43.5 Å². The predicted molar refractivity (Wildman–Crippen MR) is 80.8 cm³/mol. The van der Waals surface area contributed by atoms with Crippen LogP contribution in [0.15, 0.2) is 47.5 Å². The molecule has 5 nitrogen and oxygen atoms in total. The molecule has 0 unspecified atom stereocenters. The summed E-state index contributed by atoms with van der Waals surface area (Å²) in [6.45, 7) is 1.56. The topological polar surface area (TPSA) is 68.0 Å². The number of rotatable bonds is 2. The van der Waals surface area contributed by atoms with Crippen molar-refractivity contribution in [3.8, 4) is 5.69 Å². The first kappa shape index (κ1) is 13.7. The summed E-state index contributed by atoms with van der Waals surface area (Å²) in [7, 11) is 0. The molecule has 3 rings (SSSR count). The summed E-state index contributed by atoms with van der Waals surface area (Å²) in [5.74, 6) is 0.253. The third kappa shape index (κ3) is 2.30. The molecule has 2 heterocycles. The van der Waals surface area contributed by atoms with Crippen molar-refractivity contribution in [3.05, 3.63) is 63.9 Å². The maximum absolute atomic E-state index is 12.8. The van der Waals surface area contributed by atoms with Crippen LogP contribution >= 0.6 is 11.6 Å². The van der Waals surface area contributed by atoms with Crippen molar-refractivity contribution < 1.29 is 5.11 Å². The van der Waals surface area contributed by atoms with Crippen molar-refractivity contribution in [3.63, 3.8) is 0 Å². The van der Waals surface area contributed by atoms with E-state index in [0.29, 0.717) is 21.6 Å². The molecule has 0 saturated heterocycles. The largest absolute Gasteiger partial charge is 0.385 e. The molecule has 0 spiro atoms. The second-order valence-corrected chi connectivity index (χ2v) is 5.04. The highest BCUT2D eigenvalue weighted by Crippen LogP contribution is 2.22. The first-order valence-electron chi connectivity index (χ1n) is 6.39. The molecule has 6 heteroatoms. The van der Waals surface area contributed by atoms with Crippen molar-refractivity contribution in [2.75, 3.05) is 0 Å². The minimum Gasteiger partial charge on any atom is -0.385 e. The number of hydrogen-bond donors (Lipinski definition) is 1. The maximum atomic E-state index is 12.8. The molecule has 0 saturated carbocycles. The zero-order valence-electron chi connectivity index (χ0n) is 11.2. The van der Waals surface area contributed by atoms with Crippen LogP contribution in [0.5, 0.6) is 0 Å². The van der Waals surface area contributed by atoms with E-state index in [4.69, 9.17) is 11.6 Å². The quantitative estimate of drug-likeness (QED) is 0.789. The van der Waals surface area contributed by atoms with Gasteiger partial charge in [0.1, 0.15) is 11.9 Å². The van der Waals surface area contributed by atoms with Gasteiger partial charge in [0.2, 0.25) is 0 Å². The molecule has 0 bridgehead atoms. The molecule has 0 aliphatic heterocycles. The molecule has 0 amide bonds. The summed E-state index contributed by atoms with van der Waals surface area (Å²) in [4.78, 5) is 21.2. The van der Waals surface area contributed by atoms with Crippen LogP contribution in [0.1, 0.15) is 18.9 Å². The Morgan fingerprint density at radius 2 is 2.10 bits per heavy atom. The number of fused-ring (bicyclic) bond motifs is 1.